The molecule has 4 heteroatoms. The molecule has 1 heterocycles. The first-order chi connectivity index (χ1) is 12.1. The molecule has 0 aliphatic heterocycles. The highest BCUT2D eigenvalue weighted by Gasteiger charge is 2.13. The van der Waals surface area contributed by atoms with Crippen LogP contribution in [0.25, 0.3) is 16.6 Å². The van der Waals surface area contributed by atoms with Gasteiger partial charge < -0.3 is 0 Å². The molecule has 0 N–H and O–H groups in total. The average molecular weight is 350 g/mol. The van der Waals surface area contributed by atoms with Crippen molar-refractivity contribution < 1.29 is 0 Å². The second-order valence-corrected chi connectivity index (χ2v) is 7.17. The molecule has 0 amide bonds. The summed E-state index contributed by atoms with van der Waals surface area (Å²) in [7, 11) is 0. The lowest BCUT2D eigenvalue weighted by Crippen LogP contribution is -2.21. The summed E-state index contributed by atoms with van der Waals surface area (Å²) in [4.78, 5) is 17.8. The molecular weight excluding hydrogens is 328 g/mol. The minimum absolute atomic E-state index is 0.0223. The molecule has 25 heavy (non-hydrogen) atoms. The summed E-state index contributed by atoms with van der Waals surface area (Å²) in [6.07, 6.45) is 4.08. The Hall–Kier alpha value is -2.33. The summed E-state index contributed by atoms with van der Waals surface area (Å²) in [5, 5.41) is 1.37. The lowest BCUT2D eigenvalue weighted by atomic mass is 10.0. The van der Waals surface area contributed by atoms with Crippen molar-refractivity contribution in [2.24, 2.45) is 0 Å². The average Bonchev–Trinajstić information content (AvgIpc) is 2.62. The van der Waals surface area contributed by atoms with Crippen molar-refractivity contribution in [2.75, 3.05) is 5.75 Å². The van der Waals surface area contributed by atoms with Gasteiger partial charge in [-0.3, -0.25) is 9.36 Å². The van der Waals surface area contributed by atoms with Crippen LogP contribution in [0, 0.1) is 0 Å². The first-order valence-corrected chi connectivity index (χ1v) is 9.46. The predicted octanol–water partition coefficient (Wildman–Crippen LogP) is 5.18. The van der Waals surface area contributed by atoms with E-state index < -0.39 is 0 Å². The van der Waals surface area contributed by atoms with E-state index in [2.05, 4.69) is 32.1 Å². The molecule has 2 aromatic carbocycles. The third-order valence-corrected chi connectivity index (χ3v) is 5.00. The lowest BCUT2D eigenvalue weighted by molar-refractivity contribution is 0.816. The van der Waals surface area contributed by atoms with E-state index in [1.54, 1.807) is 16.3 Å². The van der Waals surface area contributed by atoms with E-state index in [1.807, 2.05) is 49.4 Å². The van der Waals surface area contributed by atoms with E-state index in [0.717, 1.165) is 22.1 Å². The predicted molar refractivity (Wildman–Crippen MR) is 107 cm³/mol. The largest absolute Gasteiger partial charge is 0.268 e. The highest BCUT2D eigenvalue weighted by atomic mass is 32.2. The Morgan fingerprint density at radius 2 is 1.84 bits per heavy atom. The smallest absolute Gasteiger partial charge is 0.266 e. The molecule has 0 aliphatic carbocycles. The van der Waals surface area contributed by atoms with Crippen molar-refractivity contribution in [3.63, 3.8) is 0 Å². The second kappa shape index (κ2) is 7.70. The number of hydrogen-bond acceptors (Lipinski definition) is 3. The molecule has 3 aromatic rings. The van der Waals surface area contributed by atoms with Gasteiger partial charge in [-0.25, -0.2) is 4.98 Å². The van der Waals surface area contributed by atoms with Gasteiger partial charge in [-0.15, -0.1) is 0 Å². The van der Waals surface area contributed by atoms with Crippen LogP contribution < -0.4 is 5.56 Å². The summed E-state index contributed by atoms with van der Waals surface area (Å²) < 4.78 is 1.72. The summed E-state index contributed by atoms with van der Waals surface area (Å²) in [5.74, 6) is 1.25. The van der Waals surface area contributed by atoms with Crippen LogP contribution in [0.3, 0.4) is 0 Å². The van der Waals surface area contributed by atoms with Crippen LogP contribution in [0.5, 0.6) is 0 Å². The molecule has 3 rings (SSSR count). The van der Waals surface area contributed by atoms with Crippen molar-refractivity contribution in [3.8, 4) is 5.69 Å². The van der Waals surface area contributed by atoms with Gasteiger partial charge in [0.05, 0.1) is 16.6 Å². The number of rotatable bonds is 5. The van der Waals surface area contributed by atoms with E-state index in [-0.39, 0.29) is 5.56 Å². The molecule has 0 aliphatic rings. The van der Waals surface area contributed by atoms with Gasteiger partial charge in [0.15, 0.2) is 5.16 Å². The minimum atomic E-state index is -0.0223. The van der Waals surface area contributed by atoms with Gasteiger partial charge in [0.1, 0.15) is 0 Å². The first kappa shape index (κ1) is 17.5. The fraction of sp³-hybridized carbons (Fsp3) is 0.238. The zero-order valence-corrected chi connectivity index (χ0v) is 15.6. The molecule has 1 aromatic heterocycles. The number of para-hydroxylation sites is 1. The van der Waals surface area contributed by atoms with Crippen molar-refractivity contribution >= 4 is 22.7 Å². The van der Waals surface area contributed by atoms with Crippen LogP contribution in [0.2, 0.25) is 0 Å². The van der Waals surface area contributed by atoms with Gasteiger partial charge in [-0.2, -0.15) is 0 Å². The standard InChI is InChI=1S/C21H22N2OS/c1-4-5-14-25-21-22-19-9-7-6-8-18(19)20(24)23(21)17-12-10-16(11-13-17)15(2)3/h4-13,15H,14H2,1-3H3/b5-4+. The quantitative estimate of drug-likeness (QED) is 0.361. The zero-order valence-electron chi connectivity index (χ0n) is 14.8. The van der Waals surface area contributed by atoms with E-state index >= 15 is 0 Å². The Balaban J connectivity index is 2.17. The molecule has 0 saturated carbocycles. The summed E-state index contributed by atoms with van der Waals surface area (Å²) in [6.45, 7) is 6.32. The highest BCUT2D eigenvalue weighted by molar-refractivity contribution is 7.99. The second-order valence-electron chi connectivity index (χ2n) is 6.18. The van der Waals surface area contributed by atoms with Crippen molar-refractivity contribution in [1.29, 1.82) is 0 Å². The fourth-order valence-electron chi connectivity index (χ4n) is 2.66. The molecule has 3 nitrogen and oxygen atoms in total. The molecule has 0 unspecified atom stereocenters. The molecule has 0 atom stereocenters. The van der Waals surface area contributed by atoms with Crippen LogP contribution in [0.15, 0.2) is 70.6 Å². The van der Waals surface area contributed by atoms with E-state index in [4.69, 9.17) is 4.98 Å². The van der Waals surface area contributed by atoms with Gasteiger partial charge in [0, 0.05) is 5.75 Å². The minimum Gasteiger partial charge on any atom is -0.268 e. The van der Waals surface area contributed by atoms with Crippen molar-refractivity contribution in [1.82, 2.24) is 9.55 Å². The molecule has 128 valence electrons. The number of thioether (sulfide) groups is 1. The van der Waals surface area contributed by atoms with Gasteiger partial charge in [-0.1, -0.05) is 62.0 Å². The Kier molecular flexibility index (Phi) is 5.39. The van der Waals surface area contributed by atoms with E-state index in [9.17, 15) is 4.79 Å². The third-order valence-electron chi connectivity index (χ3n) is 4.11. The van der Waals surface area contributed by atoms with E-state index in [1.165, 1.54) is 5.56 Å². The number of allylic oxidation sites excluding steroid dienone is 1. The normalized spacial score (nSPS) is 11.7. The number of aromatic nitrogens is 2. The maximum absolute atomic E-state index is 13.1. The van der Waals surface area contributed by atoms with Crippen molar-refractivity contribution in [2.45, 2.75) is 31.8 Å². The SMILES string of the molecule is C/C=C/CSc1nc2ccccc2c(=O)n1-c1ccc(C(C)C)cc1. The van der Waals surface area contributed by atoms with Gasteiger partial charge in [-0.05, 0) is 42.7 Å². The molecule has 0 saturated heterocycles. The first-order valence-electron chi connectivity index (χ1n) is 8.48. The third kappa shape index (κ3) is 3.69. The highest BCUT2D eigenvalue weighted by Crippen LogP contribution is 2.23. The lowest BCUT2D eigenvalue weighted by Gasteiger charge is -2.14. The van der Waals surface area contributed by atoms with Crippen molar-refractivity contribution in [3.05, 3.63) is 76.6 Å². The Labute approximate surface area is 152 Å². The number of fused-ring (bicyclic) bond motifs is 1. The van der Waals surface area contributed by atoms with Crippen LogP contribution in [0.1, 0.15) is 32.3 Å². The molecule has 0 radical (unpaired) electrons. The monoisotopic (exact) mass is 350 g/mol. The summed E-state index contributed by atoms with van der Waals surface area (Å²) in [6, 6.07) is 15.7. The van der Waals surface area contributed by atoms with E-state index in [0.29, 0.717) is 11.3 Å². The molecular formula is C21H22N2OS. The topological polar surface area (TPSA) is 34.9 Å². The Bertz CT molecular complexity index is 956. The summed E-state index contributed by atoms with van der Waals surface area (Å²) >= 11 is 1.57. The van der Waals surface area contributed by atoms with Gasteiger partial charge in [0.25, 0.3) is 5.56 Å². The van der Waals surface area contributed by atoms with Crippen LogP contribution >= 0.6 is 11.8 Å². The zero-order chi connectivity index (χ0) is 17.8. The maximum Gasteiger partial charge on any atom is 0.266 e. The van der Waals surface area contributed by atoms with Crippen LogP contribution in [-0.4, -0.2) is 15.3 Å². The number of nitrogens with zero attached hydrogens (tertiary/aromatic N) is 2. The fourth-order valence-corrected chi connectivity index (χ4v) is 3.58. The number of hydrogen-bond donors (Lipinski definition) is 0. The van der Waals surface area contributed by atoms with Gasteiger partial charge in [0.2, 0.25) is 0 Å². The molecule has 0 spiro atoms. The van der Waals surface area contributed by atoms with Gasteiger partial charge >= 0.3 is 0 Å². The molecule has 0 bridgehead atoms. The Morgan fingerprint density at radius 3 is 2.52 bits per heavy atom. The Morgan fingerprint density at radius 1 is 1.12 bits per heavy atom. The van der Waals surface area contributed by atoms with Crippen LogP contribution in [-0.2, 0) is 0 Å². The maximum atomic E-state index is 13.1. The number of benzene rings is 2. The van der Waals surface area contributed by atoms with Crippen LogP contribution in [0.4, 0.5) is 0 Å². The molecule has 0 fully saturated rings. The summed E-state index contributed by atoms with van der Waals surface area (Å²) in [5.41, 5.74) is 2.83.